The van der Waals surface area contributed by atoms with E-state index in [1.807, 2.05) is 35.2 Å². The van der Waals surface area contributed by atoms with Crippen LogP contribution in [-0.4, -0.2) is 94.1 Å². The van der Waals surface area contributed by atoms with Crippen LogP contribution in [-0.2, 0) is 32.0 Å². The lowest BCUT2D eigenvalue weighted by atomic mass is 10.0. The Morgan fingerprint density at radius 3 is 2.24 bits per heavy atom. The van der Waals surface area contributed by atoms with E-state index in [-0.39, 0.29) is 29.5 Å². The van der Waals surface area contributed by atoms with E-state index < -0.39 is 30.6 Å². The van der Waals surface area contributed by atoms with Gasteiger partial charge in [0.05, 0.1) is 12.1 Å². The Balaban J connectivity index is 1.43. The Kier molecular flexibility index (Phi) is 10.3. The molecule has 41 heavy (non-hydrogen) atoms. The van der Waals surface area contributed by atoms with E-state index in [4.69, 9.17) is 10.8 Å². The maximum Gasteiger partial charge on any atom is 0.322 e. The van der Waals surface area contributed by atoms with Gasteiger partial charge in [-0.15, -0.1) is 0 Å². The molecule has 1 unspecified atom stereocenters. The monoisotopic (exact) mass is 565 g/mol. The minimum absolute atomic E-state index is 0.135. The molecule has 2 saturated heterocycles. The average molecular weight is 566 g/mol. The Labute approximate surface area is 239 Å². The number of carboxylic acid groups (broad SMARTS) is 1. The molecule has 0 saturated carbocycles. The molecule has 2 aromatic carbocycles. The molecule has 11 heteroatoms. The molecule has 2 aromatic rings. The maximum atomic E-state index is 13.6. The van der Waals surface area contributed by atoms with Crippen LogP contribution in [0.1, 0.15) is 36.8 Å². The summed E-state index contributed by atoms with van der Waals surface area (Å²) in [4.78, 5) is 54.1. The van der Waals surface area contributed by atoms with E-state index in [2.05, 4.69) is 10.6 Å². The Morgan fingerprint density at radius 2 is 1.54 bits per heavy atom. The van der Waals surface area contributed by atoms with Crippen LogP contribution in [0, 0.1) is 0 Å². The van der Waals surface area contributed by atoms with Crippen LogP contribution in [0.4, 0.5) is 0 Å². The smallest absolute Gasteiger partial charge is 0.322 e. The fraction of sp³-hybridized carbons (Fsp3) is 0.467. The Morgan fingerprint density at radius 1 is 0.878 bits per heavy atom. The number of rotatable bonds is 12. The van der Waals surface area contributed by atoms with Crippen LogP contribution in [0.15, 0.2) is 54.6 Å². The van der Waals surface area contributed by atoms with Gasteiger partial charge >= 0.3 is 5.97 Å². The van der Waals surface area contributed by atoms with Gasteiger partial charge in [-0.05, 0) is 68.3 Å². The van der Waals surface area contributed by atoms with Crippen molar-refractivity contribution >= 4 is 23.7 Å². The summed E-state index contributed by atoms with van der Waals surface area (Å²) in [6.45, 7) is 1.08. The lowest BCUT2D eigenvalue weighted by molar-refractivity contribution is -0.139. The highest BCUT2D eigenvalue weighted by Crippen LogP contribution is 2.22. The number of phenolic OH excluding ortho intramolecular Hbond substituents is 1. The molecule has 4 atom stereocenters. The van der Waals surface area contributed by atoms with E-state index in [1.165, 1.54) is 0 Å². The SMILES string of the molecule is N[C@@H](Cc1ccc(O)cc1)C(=O)N1CCC[C@H]1C(=O)NC(Cc1ccccc1)CN1CCC[C@H]1C(=O)NCC(=O)O. The van der Waals surface area contributed by atoms with Gasteiger partial charge in [0.15, 0.2) is 0 Å². The second kappa shape index (κ2) is 14.1. The predicted octanol–water partition coefficient (Wildman–Crippen LogP) is 0.646. The minimum atomic E-state index is -1.10. The van der Waals surface area contributed by atoms with Gasteiger partial charge in [0.1, 0.15) is 18.3 Å². The topological polar surface area (TPSA) is 165 Å². The lowest BCUT2D eigenvalue weighted by Crippen LogP contribution is -2.56. The summed E-state index contributed by atoms with van der Waals surface area (Å²) in [7, 11) is 0. The van der Waals surface area contributed by atoms with Gasteiger partial charge in [0, 0.05) is 19.1 Å². The third-order valence-electron chi connectivity index (χ3n) is 7.75. The van der Waals surface area contributed by atoms with E-state index in [0.717, 1.165) is 17.5 Å². The average Bonchev–Trinajstić information content (AvgIpc) is 3.63. The Hall–Kier alpha value is -3.96. The van der Waals surface area contributed by atoms with Gasteiger partial charge in [-0.25, -0.2) is 0 Å². The first kappa shape index (κ1) is 30.0. The van der Waals surface area contributed by atoms with Crippen molar-refractivity contribution in [2.75, 3.05) is 26.2 Å². The zero-order chi connectivity index (χ0) is 29.4. The summed E-state index contributed by atoms with van der Waals surface area (Å²) in [5.41, 5.74) is 8.11. The molecule has 4 rings (SSSR count). The molecule has 0 bridgehead atoms. The van der Waals surface area contributed by atoms with Crippen molar-refractivity contribution in [3.63, 3.8) is 0 Å². The molecule has 2 heterocycles. The Bertz CT molecular complexity index is 1210. The number of hydrogen-bond donors (Lipinski definition) is 5. The number of phenols is 1. The van der Waals surface area contributed by atoms with Crippen molar-refractivity contribution in [1.82, 2.24) is 20.4 Å². The maximum absolute atomic E-state index is 13.6. The first-order valence-corrected chi connectivity index (χ1v) is 14.1. The van der Waals surface area contributed by atoms with Crippen molar-refractivity contribution in [2.45, 2.75) is 62.7 Å². The van der Waals surface area contributed by atoms with Gasteiger partial charge in [-0.1, -0.05) is 42.5 Å². The third-order valence-corrected chi connectivity index (χ3v) is 7.75. The molecule has 2 aliphatic rings. The van der Waals surface area contributed by atoms with Crippen LogP contribution in [0.25, 0.3) is 0 Å². The molecule has 2 fully saturated rings. The van der Waals surface area contributed by atoms with Gasteiger partial charge in [0.25, 0.3) is 0 Å². The molecule has 6 N–H and O–H groups in total. The van der Waals surface area contributed by atoms with Crippen molar-refractivity contribution in [2.24, 2.45) is 5.73 Å². The number of likely N-dealkylation sites (tertiary alicyclic amines) is 2. The summed E-state index contributed by atoms with van der Waals surface area (Å²) < 4.78 is 0. The van der Waals surface area contributed by atoms with Crippen LogP contribution < -0.4 is 16.4 Å². The third kappa shape index (κ3) is 8.27. The van der Waals surface area contributed by atoms with Crippen LogP contribution in [0.3, 0.4) is 0 Å². The summed E-state index contributed by atoms with van der Waals surface area (Å²) in [5, 5.41) is 24.1. The summed E-state index contributed by atoms with van der Waals surface area (Å²) in [6.07, 6.45) is 3.46. The molecule has 0 aliphatic carbocycles. The van der Waals surface area contributed by atoms with Crippen molar-refractivity contribution < 1.29 is 29.4 Å². The number of nitrogens with two attached hydrogens (primary N) is 1. The number of nitrogens with one attached hydrogen (secondary N) is 2. The first-order chi connectivity index (χ1) is 19.7. The highest BCUT2D eigenvalue weighted by Gasteiger charge is 2.38. The van der Waals surface area contributed by atoms with E-state index in [1.54, 1.807) is 29.2 Å². The van der Waals surface area contributed by atoms with Crippen LogP contribution >= 0.6 is 0 Å². The lowest BCUT2D eigenvalue weighted by Gasteiger charge is -2.31. The number of benzene rings is 2. The van der Waals surface area contributed by atoms with Crippen molar-refractivity contribution in [1.29, 1.82) is 0 Å². The zero-order valence-electron chi connectivity index (χ0n) is 23.1. The minimum Gasteiger partial charge on any atom is -0.508 e. The van der Waals surface area contributed by atoms with E-state index in [9.17, 15) is 24.3 Å². The molecule has 0 aromatic heterocycles. The summed E-state index contributed by atoms with van der Waals surface area (Å²) in [6, 6.07) is 14.0. The van der Waals surface area contributed by atoms with Crippen molar-refractivity contribution in [3.05, 3.63) is 65.7 Å². The number of aliphatic carboxylic acids is 1. The first-order valence-electron chi connectivity index (χ1n) is 14.1. The second-order valence-corrected chi connectivity index (χ2v) is 10.8. The standard InChI is InChI=1S/C30H39N5O6/c31-24(17-21-10-12-23(36)13-11-21)30(41)35-15-5-9-26(35)29(40)33-22(16-20-6-2-1-3-7-20)19-34-14-4-8-25(34)28(39)32-18-27(37)38/h1-3,6-7,10-13,22,24-26,36H,4-5,8-9,14-19,31H2,(H,32,39)(H,33,40)(H,37,38)/t22?,24-,25-,26-/m0/s1. The number of hydrogen-bond acceptors (Lipinski definition) is 7. The second-order valence-electron chi connectivity index (χ2n) is 10.8. The fourth-order valence-corrected chi connectivity index (χ4v) is 5.75. The number of carboxylic acids is 1. The molecular formula is C30H39N5O6. The molecular weight excluding hydrogens is 526 g/mol. The largest absolute Gasteiger partial charge is 0.508 e. The van der Waals surface area contributed by atoms with Crippen LogP contribution in [0.5, 0.6) is 5.75 Å². The number of carbonyl (C=O) groups excluding carboxylic acids is 3. The molecule has 2 aliphatic heterocycles. The predicted molar refractivity (Wildman–Crippen MR) is 152 cm³/mol. The molecule has 0 spiro atoms. The van der Waals surface area contributed by atoms with Crippen LogP contribution in [0.2, 0.25) is 0 Å². The van der Waals surface area contributed by atoms with E-state index in [0.29, 0.717) is 51.7 Å². The summed E-state index contributed by atoms with van der Waals surface area (Å²) in [5.74, 6) is -1.83. The number of carbonyl (C=O) groups is 4. The zero-order valence-corrected chi connectivity index (χ0v) is 23.1. The highest BCUT2D eigenvalue weighted by atomic mass is 16.4. The fourth-order valence-electron chi connectivity index (χ4n) is 5.75. The van der Waals surface area contributed by atoms with Crippen molar-refractivity contribution in [3.8, 4) is 5.75 Å². The number of nitrogens with zero attached hydrogens (tertiary/aromatic N) is 2. The molecule has 11 nitrogen and oxygen atoms in total. The molecule has 220 valence electrons. The van der Waals surface area contributed by atoms with Gasteiger partial charge in [-0.3, -0.25) is 24.1 Å². The molecule has 0 radical (unpaired) electrons. The quantitative estimate of drug-likeness (QED) is 0.250. The normalized spacial score (nSPS) is 20.4. The summed E-state index contributed by atoms with van der Waals surface area (Å²) >= 11 is 0. The molecule has 3 amide bonds. The van der Waals surface area contributed by atoms with Gasteiger partial charge < -0.3 is 31.5 Å². The highest BCUT2D eigenvalue weighted by molar-refractivity contribution is 5.90. The van der Waals surface area contributed by atoms with Gasteiger partial charge in [-0.2, -0.15) is 0 Å². The van der Waals surface area contributed by atoms with E-state index >= 15 is 0 Å². The van der Waals surface area contributed by atoms with Gasteiger partial charge in [0.2, 0.25) is 17.7 Å². The number of amides is 3. The number of aromatic hydroxyl groups is 1.